The molecule has 0 aromatic heterocycles. The molecule has 0 saturated heterocycles. The van der Waals surface area contributed by atoms with Gasteiger partial charge in [0.05, 0.1) is 12.0 Å². The summed E-state index contributed by atoms with van der Waals surface area (Å²) in [6, 6.07) is -0.287. The number of esters is 1. The maximum Gasteiger partial charge on any atom is 0.302 e. The Bertz CT molecular complexity index is 1140. The Kier molecular flexibility index (Phi) is 7.44. The summed E-state index contributed by atoms with van der Waals surface area (Å²) >= 11 is 0. The summed E-state index contributed by atoms with van der Waals surface area (Å²) in [4.78, 5) is 40.6. The van der Waals surface area contributed by atoms with Gasteiger partial charge in [0.1, 0.15) is 6.10 Å². The van der Waals surface area contributed by atoms with Gasteiger partial charge >= 0.3 is 5.97 Å². The van der Waals surface area contributed by atoms with E-state index in [9.17, 15) is 19.5 Å². The minimum atomic E-state index is -0.532. The Hall–Kier alpha value is -1.69. The molecule has 5 aliphatic carbocycles. The van der Waals surface area contributed by atoms with Crippen LogP contribution in [-0.2, 0) is 19.1 Å². The largest absolute Gasteiger partial charge is 0.462 e. The molecule has 6 nitrogen and oxygen atoms in total. The molecule has 5 aliphatic rings. The zero-order valence-electron chi connectivity index (χ0n) is 27.1. The van der Waals surface area contributed by atoms with Gasteiger partial charge in [-0.1, -0.05) is 54.0 Å². The molecule has 4 fully saturated rings. The second kappa shape index (κ2) is 9.92. The van der Waals surface area contributed by atoms with Crippen LogP contribution in [0.5, 0.6) is 0 Å². The predicted octanol–water partition coefficient (Wildman–Crippen LogP) is 6.25. The fourth-order valence-corrected chi connectivity index (χ4v) is 11.5. The molecule has 5 rings (SSSR count). The maximum atomic E-state index is 14.6. The average molecular weight is 570 g/mol. The van der Waals surface area contributed by atoms with Crippen LogP contribution < -0.4 is 5.32 Å². The first kappa shape index (κ1) is 30.8. The van der Waals surface area contributed by atoms with E-state index in [2.05, 4.69) is 53.8 Å². The number of hydrogen-bond donors (Lipinski definition) is 2. The van der Waals surface area contributed by atoms with Crippen molar-refractivity contribution in [3.05, 3.63) is 11.6 Å². The van der Waals surface area contributed by atoms with Crippen molar-refractivity contribution in [2.24, 2.45) is 56.7 Å². The number of nitrogens with one attached hydrogen (secondary N) is 1. The van der Waals surface area contributed by atoms with Gasteiger partial charge in [-0.2, -0.15) is 0 Å². The van der Waals surface area contributed by atoms with E-state index < -0.39 is 5.41 Å². The Morgan fingerprint density at radius 3 is 2.34 bits per heavy atom. The van der Waals surface area contributed by atoms with E-state index in [0.29, 0.717) is 11.8 Å². The summed E-state index contributed by atoms with van der Waals surface area (Å²) in [5, 5.41) is 12.9. The van der Waals surface area contributed by atoms with Crippen LogP contribution in [0, 0.1) is 56.7 Å². The van der Waals surface area contributed by atoms with Crippen LogP contribution >= 0.6 is 0 Å². The third-order valence-electron chi connectivity index (χ3n) is 14.1. The molecular formula is C35H55NO5. The quantitative estimate of drug-likeness (QED) is 0.390. The summed E-state index contributed by atoms with van der Waals surface area (Å²) < 4.78 is 5.85. The molecule has 0 aromatic rings. The van der Waals surface area contributed by atoms with Crippen LogP contribution in [0.25, 0.3) is 0 Å². The Balaban J connectivity index is 1.59. The molecule has 4 saturated carbocycles. The van der Waals surface area contributed by atoms with Crippen LogP contribution in [0.15, 0.2) is 11.6 Å². The van der Waals surface area contributed by atoms with E-state index in [-0.39, 0.29) is 75.8 Å². The lowest BCUT2D eigenvalue weighted by molar-refractivity contribution is -0.211. The molecule has 6 heteroatoms. The highest BCUT2D eigenvalue weighted by molar-refractivity contribution is 5.96. The minimum Gasteiger partial charge on any atom is -0.462 e. The molecular weight excluding hydrogens is 514 g/mol. The van der Waals surface area contributed by atoms with E-state index in [1.165, 1.54) is 12.5 Å². The van der Waals surface area contributed by atoms with Crippen molar-refractivity contribution in [3.8, 4) is 0 Å². The summed E-state index contributed by atoms with van der Waals surface area (Å²) in [5.41, 5.74) is -0.0576. The second-order valence-corrected chi connectivity index (χ2v) is 16.3. The normalized spacial score (nSPS) is 47.5. The monoisotopic (exact) mass is 569 g/mol. The van der Waals surface area contributed by atoms with Gasteiger partial charge in [-0.3, -0.25) is 14.4 Å². The number of ether oxygens (including phenoxy) is 1. The molecule has 0 bridgehead atoms. The highest BCUT2D eigenvalue weighted by Gasteiger charge is 2.71. The van der Waals surface area contributed by atoms with Crippen molar-refractivity contribution < 1.29 is 24.2 Å². The van der Waals surface area contributed by atoms with Gasteiger partial charge in [-0.25, -0.2) is 0 Å². The highest BCUT2D eigenvalue weighted by atomic mass is 16.5. The van der Waals surface area contributed by atoms with E-state index in [1.807, 2.05) is 13.0 Å². The van der Waals surface area contributed by atoms with Crippen molar-refractivity contribution in [2.75, 3.05) is 6.61 Å². The summed E-state index contributed by atoms with van der Waals surface area (Å²) in [5.74, 6) is 1.08. The summed E-state index contributed by atoms with van der Waals surface area (Å²) in [7, 11) is 0. The Morgan fingerprint density at radius 1 is 1.02 bits per heavy atom. The number of aliphatic hydroxyl groups is 1. The topological polar surface area (TPSA) is 92.7 Å². The molecule has 0 heterocycles. The molecule has 11 atom stereocenters. The van der Waals surface area contributed by atoms with Gasteiger partial charge in [0.25, 0.3) is 0 Å². The molecule has 41 heavy (non-hydrogen) atoms. The number of fused-ring (bicyclic) bond motifs is 7. The number of rotatable bonds is 4. The molecule has 1 amide bonds. The number of carbonyl (C=O) groups excluding carboxylic acids is 3. The highest BCUT2D eigenvalue weighted by Crippen LogP contribution is 2.75. The molecule has 5 unspecified atom stereocenters. The van der Waals surface area contributed by atoms with Crippen molar-refractivity contribution in [1.82, 2.24) is 5.32 Å². The zero-order chi connectivity index (χ0) is 30.3. The van der Waals surface area contributed by atoms with Gasteiger partial charge in [0, 0.05) is 24.3 Å². The van der Waals surface area contributed by atoms with Gasteiger partial charge in [-0.05, 0) is 104 Å². The average Bonchev–Trinajstić information content (AvgIpc) is 2.88. The first-order valence-electron chi connectivity index (χ1n) is 16.3. The van der Waals surface area contributed by atoms with Crippen molar-refractivity contribution >= 4 is 17.7 Å². The lowest BCUT2D eigenvalue weighted by Gasteiger charge is -2.70. The van der Waals surface area contributed by atoms with Crippen molar-refractivity contribution in [2.45, 2.75) is 126 Å². The van der Waals surface area contributed by atoms with Crippen molar-refractivity contribution in [3.63, 3.8) is 0 Å². The molecule has 0 aliphatic heterocycles. The maximum absolute atomic E-state index is 14.6. The fraction of sp³-hybridized carbons (Fsp3) is 0.857. The van der Waals surface area contributed by atoms with Crippen LogP contribution in [-0.4, -0.2) is 41.5 Å². The van der Waals surface area contributed by atoms with Gasteiger partial charge in [0.2, 0.25) is 5.91 Å². The number of ketones is 1. The standard InChI is InChI=1S/C35H55NO5/c1-20-10-15-35(30(40)36-21(2)19-37)17-16-33(8)24(28(35)22(20)3)18-25(39)29-32(7)13-12-27(41-23(4)38)31(5,6)26(32)11-14-34(29,33)9/h18,20-22,26-29,37H,10-17,19H2,1-9H3,(H,36,40)/t20-,21?,22+,26?,27?,28?,29?,32+,33-,34-,35+/m1/s1. The SMILES string of the molecule is CC(=O)OC1CC[C@@]2(C)C(CC[C@]3(C)C2C(=O)C=C2C4[C@@H](C)[C@H](C)CC[C@]4(C(=O)NC(C)CO)CC[C@]23C)C1(C)C. The van der Waals surface area contributed by atoms with Crippen LogP contribution in [0.1, 0.15) is 114 Å². The lowest BCUT2D eigenvalue weighted by atomic mass is 9.33. The minimum absolute atomic E-state index is 0.0271. The van der Waals surface area contributed by atoms with Crippen LogP contribution in [0.3, 0.4) is 0 Å². The first-order valence-corrected chi connectivity index (χ1v) is 16.3. The molecule has 0 aromatic carbocycles. The Labute approximate surface area is 247 Å². The number of amides is 1. The second-order valence-electron chi connectivity index (χ2n) is 16.3. The third-order valence-corrected chi connectivity index (χ3v) is 14.1. The van der Waals surface area contributed by atoms with Crippen LogP contribution in [0.2, 0.25) is 0 Å². The van der Waals surface area contributed by atoms with E-state index >= 15 is 0 Å². The van der Waals surface area contributed by atoms with E-state index in [0.717, 1.165) is 51.4 Å². The molecule has 230 valence electrons. The summed E-state index contributed by atoms with van der Waals surface area (Å²) in [6.07, 6.45) is 9.12. The molecule has 0 radical (unpaired) electrons. The van der Waals surface area contributed by atoms with Gasteiger partial charge < -0.3 is 15.2 Å². The smallest absolute Gasteiger partial charge is 0.302 e. The number of aliphatic hydroxyl groups excluding tert-OH is 1. The van der Waals surface area contributed by atoms with Gasteiger partial charge in [-0.15, -0.1) is 0 Å². The first-order chi connectivity index (χ1) is 19.0. The number of hydrogen-bond acceptors (Lipinski definition) is 5. The third kappa shape index (κ3) is 4.15. The fourth-order valence-electron chi connectivity index (χ4n) is 11.5. The zero-order valence-corrected chi connectivity index (χ0v) is 27.1. The predicted molar refractivity (Wildman–Crippen MR) is 160 cm³/mol. The summed E-state index contributed by atoms with van der Waals surface area (Å²) in [6.45, 7) is 19.5. The van der Waals surface area contributed by atoms with E-state index in [4.69, 9.17) is 4.74 Å². The lowest BCUT2D eigenvalue weighted by Crippen LogP contribution is -2.68. The number of allylic oxidation sites excluding steroid dienone is 2. The van der Waals surface area contributed by atoms with Crippen LogP contribution in [0.4, 0.5) is 0 Å². The molecule has 2 N–H and O–H groups in total. The Morgan fingerprint density at radius 2 is 1.71 bits per heavy atom. The van der Waals surface area contributed by atoms with Crippen molar-refractivity contribution in [1.29, 1.82) is 0 Å². The molecule has 0 spiro atoms. The van der Waals surface area contributed by atoms with E-state index in [1.54, 1.807) is 0 Å². The number of carbonyl (C=O) groups is 3. The van der Waals surface area contributed by atoms with Gasteiger partial charge in [0.15, 0.2) is 5.78 Å².